The second-order valence-corrected chi connectivity index (χ2v) is 7.90. The first-order chi connectivity index (χ1) is 14.4. The summed E-state index contributed by atoms with van der Waals surface area (Å²) in [6, 6.07) is 7.69. The van der Waals surface area contributed by atoms with Gasteiger partial charge in [-0.15, -0.1) is 5.10 Å². The van der Waals surface area contributed by atoms with Crippen LogP contribution in [-0.2, 0) is 13.6 Å². The lowest BCUT2D eigenvalue weighted by Gasteiger charge is -2.34. The zero-order valence-electron chi connectivity index (χ0n) is 16.0. The molecule has 0 bridgehead atoms. The number of rotatable bonds is 4. The van der Waals surface area contributed by atoms with E-state index in [9.17, 15) is 9.59 Å². The first-order valence-electron chi connectivity index (χ1n) is 9.42. The Hall–Kier alpha value is -3.14. The van der Waals surface area contributed by atoms with Crippen molar-refractivity contribution in [3.63, 3.8) is 0 Å². The zero-order chi connectivity index (χ0) is 21.0. The summed E-state index contributed by atoms with van der Waals surface area (Å²) in [6.45, 7) is -0.0115. The van der Waals surface area contributed by atoms with Crippen LogP contribution >= 0.6 is 11.6 Å². The van der Waals surface area contributed by atoms with Crippen LogP contribution in [0.1, 0.15) is 36.3 Å². The second-order valence-electron chi connectivity index (χ2n) is 7.46. The molecule has 5 rings (SSSR count). The molecule has 11 heteroatoms. The van der Waals surface area contributed by atoms with Crippen LogP contribution in [0.5, 0.6) is 0 Å². The number of nitrogens with zero attached hydrogens (tertiary/aromatic N) is 6. The van der Waals surface area contributed by atoms with Gasteiger partial charge in [0.1, 0.15) is 12.9 Å². The first-order valence-corrected chi connectivity index (χ1v) is 9.80. The Morgan fingerprint density at radius 2 is 1.97 bits per heavy atom. The van der Waals surface area contributed by atoms with Gasteiger partial charge in [0.05, 0.1) is 11.8 Å². The summed E-state index contributed by atoms with van der Waals surface area (Å²) in [4.78, 5) is 33.2. The smallest absolute Gasteiger partial charge is 0.390 e. The summed E-state index contributed by atoms with van der Waals surface area (Å²) in [5.41, 5.74) is 1.60. The zero-order valence-corrected chi connectivity index (χ0v) is 16.8. The third-order valence-electron chi connectivity index (χ3n) is 5.61. The highest BCUT2D eigenvalue weighted by molar-refractivity contribution is 6.30. The van der Waals surface area contributed by atoms with Crippen molar-refractivity contribution in [3.05, 3.63) is 68.0 Å². The van der Waals surface area contributed by atoms with Gasteiger partial charge in [0, 0.05) is 12.1 Å². The van der Waals surface area contributed by atoms with Gasteiger partial charge < -0.3 is 8.98 Å². The van der Waals surface area contributed by atoms with E-state index in [1.165, 1.54) is 25.7 Å². The van der Waals surface area contributed by atoms with E-state index in [0.29, 0.717) is 10.9 Å². The molecule has 0 unspecified atom stereocenters. The van der Waals surface area contributed by atoms with Gasteiger partial charge in [-0.1, -0.05) is 23.7 Å². The largest absolute Gasteiger partial charge is 0.437 e. The molecule has 0 N–H and O–H groups in total. The van der Waals surface area contributed by atoms with E-state index < -0.39 is 5.76 Å². The lowest BCUT2D eigenvalue weighted by atomic mass is 9.76. The van der Waals surface area contributed by atoms with Crippen molar-refractivity contribution in [1.82, 2.24) is 28.9 Å². The highest BCUT2D eigenvalue weighted by Gasteiger charge is 2.34. The van der Waals surface area contributed by atoms with Crippen molar-refractivity contribution in [2.24, 2.45) is 7.05 Å². The van der Waals surface area contributed by atoms with Gasteiger partial charge in [-0.3, -0.25) is 9.36 Å². The van der Waals surface area contributed by atoms with Crippen LogP contribution in [0.2, 0.25) is 5.02 Å². The fourth-order valence-corrected chi connectivity index (χ4v) is 3.95. The van der Waals surface area contributed by atoms with Crippen molar-refractivity contribution < 1.29 is 4.42 Å². The third-order valence-corrected chi connectivity index (χ3v) is 5.86. The van der Waals surface area contributed by atoms with E-state index in [2.05, 4.69) is 15.1 Å². The fraction of sp³-hybridized carbons (Fsp3) is 0.316. The Balaban J connectivity index is 1.35. The number of aryl methyl sites for hydroxylation is 1. The number of hydrogen-bond acceptors (Lipinski definition) is 6. The van der Waals surface area contributed by atoms with Crippen LogP contribution in [0.15, 0.2) is 44.6 Å². The van der Waals surface area contributed by atoms with Crippen LogP contribution in [-0.4, -0.2) is 36.7 Å². The highest BCUT2D eigenvalue weighted by atomic mass is 35.5. The van der Waals surface area contributed by atoms with Gasteiger partial charge in [-0.2, -0.15) is 4.68 Å². The molecule has 9 nitrogen and oxygen atoms in total. The van der Waals surface area contributed by atoms with Gasteiger partial charge in [0.2, 0.25) is 5.89 Å². The number of imidazole rings is 1. The topological polar surface area (TPSA) is 101 Å². The summed E-state index contributed by atoms with van der Waals surface area (Å²) in [6.07, 6.45) is 2.92. The maximum Gasteiger partial charge on any atom is 0.437 e. The number of halogens is 1. The van der Waals surface area contributed by atoms with E-state index in [1.807, 2.05) is 24.3 Å². The molecule has 0 aliphatic heterocycles. The summed E-state index contributed by atoms with van der Waals surface area (Å²) in [5, 5.41) is 5.00. The number of fused-ring (bicyclic) bond motifs is 1. The minimum absolute atomic E-state index is 0.0115. The molecular formula is C19H16BClN6O3. The number of hydrogen-bond donors (Lipinski definition) is 0. The van der Waals surface area contributed by atoms with Crippen molar-refractivity contribution >= 4 is 36.3 Å². The minimum Gasteiger partial charge on any atom is -0.390 e. The summed E-state index contributed by atoms with van der Waals surface area (Å²) >= 11 is 5.94. The average molecular weight is 423 g/mol. The Kier molecular flexibility index (Phi) is 4.39. The van der Waals surface area contributed by atoms with E-state index in [-0.39, 0.29) is 40.9 Å². The minimum atomic E-state index is -0.531. The molecule has 0 atom stereocenters. The summed E-state index contributed by atoms with van der Waals surface area (Å²) < 4.78 is 9.43. The van der Waals surface area contributed by atoms with E-state index >= 15 is 0 Å². The SMILES string of the molecule is [B]c1nc2ncn(Cc3nn(C4CC(c5ccc(Cl)cc5)C4)c(=O)o3)c(=O)c2n1C. The molecule has 30 heavy (non-hydrogen) atoms. The van der Waals surface area contributed by atoms with Crippen molar-refractivity contribution in [2.75, 3.05) is 0 Å². The van der Waals surface area contributed by atoms with Crippen LogP contribution in [0.25, 0.3) is 11.2 Å². The van der Waals surface area contributed by atoms with Gasteiger partial charge in [0.15, 0.2) is 19.0 Å². The summed E-state index contributed by atoms with van der Waals surface area (Å²) in [5.74, 6) is -0.0337. The molecule has 0 spiro atoms. The Labute approximate surface area is 176 Å². The standard InChI is InChI=1S/C19H16BClN6O3/c1-25-15-16(23-18(25)20)22-9-26(17(15)28)8-14-24-27(19(29)30-14)13-6-11(7-13)10-2-4-12(21)5-3-10/h2-5,9,11,13H,6-8H2,1H3. The van der Waals surface area contributed by atoms with Crippen LogP contribution in [0.4, 0.5) is 0 Å². The molecular weight excluding hydrogens is 407 g/mol. The molecule has 1 aliphatic rings. The lowest BCUT2D eigenvalue weighted by molar-refractivity contribution is 0.233. The van der Waals surface area contributed by atoms with Crippen LogP contribution in [0.3, 0.4) is 0 Å². The molecule has 0 saturated heterocycles. The molecule has 0 amide bonds. The quantitative estimate of drug-likeness (QED) is 0.453. The monoisotopic (exact) mass is 422 g/mol. The Morgan fingerprint density at radius 3 is 2.70 bits per heavy atom. The molecule has 4 aromatic rings. The van der Waals surface area contributed by atoms with Crippen LogP contribution < -0.4 is 17.0 Å². The molecule has 1 fully saturated rings. The van der Waals surface area contributed by atoms with E-state index in [1.54, 1.807) is 7.05 Å². The average Bonchev–Trinajstić information content (AvgIpc) is 3.18. The first kappa shape index (κ1) is 18.9. The molecule has 1 aromatic carbocycles. The van der Waals surface area contributed by atoms with Crippen molar-refractivity contribution in [1.29, 1.82) is 0 Å². The van der Waals surface area contributed by atoms with Gasteiger partial charge in [0.25, 0.3) is 5.56 Å². The molecule has 1 aliphatic carbocycles. The van der Waals surface area contributed by atoms with Crippen molar-refractivity contribution in [2.45, 2.75) is 31.3 Å². The molecule has 3 aromatic heterocycles. The number of benzene rings is 1. The van der Waals surface area contributed by atoms with Gasteiger partial charge >= 0.3 is 5.76 Å². The Bertz CT molecular complexity index is 1360. The Morgan fingerprint density at radius 1 is 1.23 bits per heavy atom. The maximum atomic E-state index is 12.7. The summed E-state index contributed by atoms with van der Waals surface area (Å²) in [7, 11) is 7.38. The van der Waals surface area contributed by atoms with Gasteiger partial charge in [-0.05, 0) is 36.5 Å². The second kappa shape index (κ2) is 6.98. The van der Waals surface area contributed by atoms with E-state index in [0.717, 1.165) is 12.8 Å². The maximum absolute atomic E-state index is 12.7. The molecule has 2 radical (unpaired) electrons. The lowest BCUT2D eigenvalue weighted by Crippen LogP contribution is -2.31. The molecule has 150 valence electrons. The fourth-order valence-electron chi connectivity index (χ4n) is 3.82. The van der Waals surface area contributed by atoms with E-state index in [4.69, 9.17) is 23.9 Å². The molecule has 3 heterocycles. The highest BCUT2D eigenvalue weighted by Crippen LogP contribution is 2.43. The molecule has 1 saturated carbocycles. The predicted octanol–water partition coefficient (Wildman–Crippen LogP) is 0.894. The normalized spacial score (nSPS) is 18.6. The number of aromatic nitrogens is 6. The van der Waals surface area contributed by atoms with Crippen molar-refractivity contribution in [3.8, 4) is 0 Å². The third kappa shape index (κ3) is 3.07. The van der Waals surface area contributed by atoms with Gasteiger partial charge in [-0.25, -0.2) is 14.8 Å². The predicted molar refractivity (Wildman–Crippen MR) is 110 cm³/mol. The van der Waals surface area contributed by atoms with Crippen LogP contribution in [0, 0.1) is 0 Å².